The van der Waals surface area contributed by atoms with Gasteiger partial charge in [-0.3, -0.25) is 4.99 Å². The highest BCUT2D eigenvalue weighted by molar-refractivity contribution is 5.79. The van der Waals surface area contributed by atoms with Gasteiger partial charge in [0, 0.05) is 40.4 Å². The van der Waals surface area contributed by atoms with Gasteiger partial charge in [-0.15, -0.1) is 0 Å². The summed E-state index contributed by atoms with van der Waals surface area (Å²) in [5.41, 5.74) is 2.59. The van der Waals surface area contributed by atoms with Crippen LogP contribution >= 0.6 is 0 Å². The van der Waals surface area contributed by atoms with Gasteiger partial charge in [0.05, 0.1) is 0 Å². The summed E-state index contributed by atoms with van der Waals surface area (Å²) in [6, 6.07) is 8.64. The lowest BCUT2D eigenvalue weighted by molar-refractivity contribution is 0.122. The molecule has 0 saturated heterocycles. The van der Waals surface area contributed by atoms with Crippen molar-refractivity contribution in [2.75, 3.05) is 33.9 Å². The number of aliphatic imine (C=N–C) groups is 1. The summed E-state index contributed by atoms with van der Waals surface area (Å²) in [5, 5.41) is 3.40. The van der Waals surface area contributed by atoms with Crippen molar-refractivity contribution in [2.24, 2.45) is 10.9 Å². The Morgan fingerprint density at radius 1 is 1.32 bits per heavy atom. The summed E-state index contributed by atoms with van der Waals surface area (Å²) in [4.78, 5) is 6.50. The van der Waals surface area contributed by atoms with Crippen molar-refractivity contribution in [2.45, 2.75) is 32.7 Å². The number of hydrogen-bond acceptors (Lipinski definition) is 2. The fourth-order valence-corrected chi connectivity index (χ4v) is 2.34. The predicted octanol–water partition coefficient (Wildman–Crippen LogP) is 2.82. The minimum absolute atomic E-state index is 0.835. The average Bonchev–Trinajstić information content (AvgIpc) is 3.33. The Kier molecular flexibility index (Phi) is 6.72. The zero-order chi connectivity index (χ0) is 15.8. The Bertz CT molecular complexity index is 466. The molecule has 22 heavy (non-hydrogen) atoms. The van der Waals surface area contributed by atoms with E-state index in [-0.39, 0.29) is 0 Å². The van der Waals surface area contributed by atoms with Gasteiger partial charge in [-0.05, 0) is 37.7 Å². The lowest BCUT2D eigenvalue weighted by atomic mass is 10.1. The van der Waals surface area contributed by atoms with Gasteiger partial charge in [-0.1, -0.05) is 29.8 Å². The number of aryl methyl sites for hydroxylation is 1. The first-order valence-corrected chi connectivity index (χ1v) is 8.24. The summed E-state index contributed by atoms with van der Waals surface area (Å²) in [7, 11) is 3.90. The molecule has 0 heterocycles. The van der Waals surface area contributed by atoms with E-state index in [1.54, 1.807) is 0 Å². The molecule has 122 valence electrons. The van der Waals surface area contributed by atoms with Gasteiger partial charge in [-0.25, -0.2) is 0 Å². The third-order valence-corrected chi connectivity index (χ3v) is 3.91. The van der Waals surface area contributed by atoms with Crippen LogP contribution in [0.25, 0.3) is 0 Å². The smallest absolute Gasteiger partial charge is 0.193 e. The molecule has 1 aromatic rings. The molecule has 0 bridgehead atoms. The van der Waals surface area contributed by atoms with E-state index in [1.165, 1.54) is 24.0 Å². The van der Waals surface area contributed by atoms with Gasteiger partial charge in [0.25, 0.3) is 0 Å². The van der Waals surface area contributed by atoms with E-state index in [9.17, 15) is 0 Å². The Balaban J connectivity index is 1.64. The Hall–Kier alpha value is -1.55. The molecule has 0 radical (unpaired) electrons. The van der Waals surface area contributed by atoms with E-state index in [2.05, 4.69) is 53.4 Å². The van der Waals surface area contributed by atoms with Crippen molar-refractivity contribution >= 4 is 5.96 Å². The average molecular weight is 303 g/mol. The van der Waals surface area contributed by atoms with Crippen molar-refractivity contribution < 1.29 is 4.74 Å². The lowest BCUT2D eigenvalue weighted by Gasteiger charge is -2.22. The minimum Gasteiger partial charge on any atom is -0.381 e. The zero-order valence-electron chi connectivity index (χ0n) is 14.1. The molecule has 1 fully saturated rings. The molecule has 0 unspecified atom stereocenters. The number of guanidine groups is 1. The van der Waals surface area contributed by atoms with Crippen LogP contribution in [0.4, 0.5) is 0 Å². The van der Waals surface area contributed by atoms with Crippen LogP contribution in [-0.4, -0.2) is 44.7 Å². The number of nitrogens with one attached hydrogen (secondary N) is 1. The molecule has 1 aromatic carbocycles. The molecule has 0 aromatic heterocycles. The summed E-state index contributed by atoms with van der Waals surface area (Å²) in [6.45, 7) is 5.65. The highest BCUT2D eigenvalue weighted by atomic mass is 16.5. The SMILES string of the molecule is CN=C(NCCCOCC1CC1)N(C)Cc1ccc(C)cc1. The van der Waals surface area contributed by atoms with E-state index in [1.807, 2.05) is 7.05 Å². The largest absolute Gasteiger partial charge is 0.381 e. The first-order chi connectivity index (χ1) is 10.7. The van der Waals surface area contributed by atoms with Crippen LogP contribution in [0.5, 0.6) is 0 Å². The molecule has 2 rings (SSSR count). The van der Waals surface area contributed by atoms with Crippen LogP contribution in [0, 0.1) is 12.8 Å². The van der Waals surface area contributed by atoms with Gasteiger partial charge in [0.15, 0.2) is 5.96 Å². The van der Waals surface area contributed by atoms with Crippen LogP contribution < -0.4 is 5.32 Å². The van der Waals surface area contributed by atoms with Gasteiger partial charge in [-0.2, -0.15) is 0 Å². The van der Waals surface area contributed by atoms with Crippen LogP contribution in [0.2, 0.25) is 0 Å². The fourth-order valence-electron chi connectivity index (χ4n) is 2.34. The quantitative estimate of drug-likeness (QED) is 0.456. The Morgan fingerprint density at radius 2 is 2.05 bits per heavy atom. The van der Waals surface area contributed by atoms with E-state index >= 15 is 0 Å². The van der Waals surface area contributed by atoms with Crippen LogP contribution in [0.3, 0.4) is 0 Å². The summed E-state index contributed by atoms with van der Waals surface area (Å²) in [6.07, 6.45) is 3.73. The standard InChI is InChI=1S/C18H29N3O/c1-15-5-7-16(8-6-15)13-21(3)18(19-2)20-11-4-12-22-14-17-9-10-17/h5-8,17H,4,9-14H2,1-3H3,(H,19,20). The fraction of sp³-hybridized carbons (Fsp3) is 0.611. The second-order valence-corrected chi connectivity index (χ2v) is 6.19. The minimum atomic E-state index is 0.835. The summed E-state index contributed by atoms with van der Waals surface area (Å²) < 4.78 is 5.65. The molecule has 4 heteroatoms. The van der Waals surface area contributed by atoms with Gasteiger partial charge in [0.1, 0.15) is 0 Å². The third-order valence-electron chi connectivity index (χ3n) is 3.91. The topological polar surface area (TPSA) is 36.9 Å². The molecule has 0 spiro atoms. The van der Waals surface area contributed by atoms with Crippen LogP contribution in [-0.2, 0) is 11.3 Å². The number of hydrogen-bond donors (Lipinski definition) is 1. The highest BCUT2D eigenvalue weighted by Crippen LogP contribution is 2.28. The molecule has 1 saturated carbocycles. The summed E-state index contributed by atoms with van der Waals surface area (Å²) in [5.74, 6) is 1.78. The lowest BCUT2D eigenvalue weighted by Crippen LogP contribution is -2.39. The van der Waals surface area contributed by atoms with Gasteiger partial charge in [0.2, 0.25) is 0 Å². The van der Waals surface area contributed by atoms with E-state index < -0.39 is 0 Å². The predicted molar refractivity (Wildman–Crippen MR) is 92.2 cm³/mol. The number of ether oxygens (including phenoxy) is 1. The van der Waals surface area contributed by atoms with Gasteiger partial charge >= 0.3 is 0 Å². The number of benzene rings is 1. The number of nitrogens with zero attached hydrogens (tertiary/aromatic N) is 2. The van der Waals surface area contributed by atoms with Crippen molar-refractivity contribution in [3.8, 4) is 0 Å². The second kappa shape index (κ2) is 8.79. The molecular formula is C18H29N3O. The van der Waals surface area contributed by atoms with Gasteiger partial charge < -0.3 is 15.0 Å². The summed E-state index contributed by atoms with van der Waals surface area (Å²) >= 11 is 0. The molecule has 0 amide bonds. The maximum absolute atomic E-state index is 5.65. The molecule has 1 N–H and O–H groups in total. The zero-order valence-corrected chi connectivity index (χ0v) is 14.1. The van der Waals surface area contributed by atoms with E-state index in [0.29, 0.717) is 0 Å². The molecular weight excluding hydrogens is 274 g/mol. The number of rotatable bonds is 8. The second-order valence-electron chi connectivity index (χ2n) is 6.19. The maximum Gasteiger partial charge on any atom is 0.193 e. The molecule has 1 aliphatic carbocycles. The first-order valence-electron chi connectivity index (χ1n) is 8.24. The maximum atomic E-state index is 5.65. The molecule has 1 aliphatic rings. The van der Waals surface area contributed by atoms with Crippen LogP contribution in [0.1, 0.15) is 30.4 Å². The van der Waals surface area contributed by atoms with E-state index in [4.69, 9.17) is 4.74 Å². The van der Waals surface area contributed by atoms with Crippen molar-refractivity contribution in [3.63, 3.8) is 0 Å². The highest BCUT2D eigenvalue weighted by Gasteiger charge is 2.20. The Labute approximate surface area is 134 Å². The first kappa shape index (κ1) is 16.8. The molecule has 0 aliphatic heterocycles. The van der Waals surface area contributed by atoms with E-state index in [0.717, 1.165) is 44.6 Å². The van der Waals surface area contributed by atoms with Crippen molar-refractivity contribution in [1.82, 2.24) is 10.2 Å². The molecule has 4 nitrogen and oxygen atoms in total. The van der Waals surface area contributed by atoms with Crippen molar-refractivity contribution in [3.05, 3.63) is 35.4 Å². The monoisotopic (exact) mass is 303 g/mol. The van der Waals surface area contributed by atoms with Crippen molar-refractivity contribution in [1.29, 1.82) is 0 Å². The Morgan fingerprint density at radius 3 is 2.68 bits per heavy atom. The molecule has 0 atom stereocenters. The third kappa shape index (κ3) is 6.06. The van der Waals surface area contributed by atoms with Crippen LogP contribution in [0.15, 0.2) is 29.3 Å². The normalized spacial score (nSPS) is 15.0.